The van der Waals surface area contributed by atoms with Crippen molar-refractivity contribution in [3.8, 4) is 0 Å². The number of likely N-dealkylation sites (N-methyl/N-ethyl adjacent to an activating group) is 1. The van der Waals surface area contributed by atoms with Crippen molar-refractivity contribution >= 4 is 24.8 Å². The number of piperidine rings is 1. The average Bonchev–Trinajstić information content (AvgIpc) is 2.27. The third-order valence-corrected chi connectivity index (χ3v) is 2.78. The van der Waals surface area contributed by atoms with Gasteiger partial charge >= 0.3 is 0 Å². The maximum Gasteiger partial charge on any atom is 0.0235 e. The fourth-order valence-corrected chi connectivity index (χ4v) is 2.26. The molecule has 0 amide bonds. The SMILES string of the molecule is CN1CC2CCCNC2C1.Cl.Cl. The molecular formula is C8H18Cl2N2. The smallest absolute Gasteiger partial charge is 0.0235 e. The van der Waals surface area contributed by atoms with Crippen molar-refractivity contribution in [2.45, 2.75) is 18.9 Å². The fourth-order valence-electron chi connectivity index (χ4n) is 2.26. The molecule has 0 bridgehead atoms. The minimum absolute atomic E-state index is 0. The van der Waals surface area contributed by atoms with Crippen LogP contribution in [0.3, 0.4) is 0 Å². The van der Waals surface area contributed by atoms with Crippen LogP contribution in [0.15, 0.2) is 0 Å². The Morgan fingerprint density at radius 2 is 2.00 bits per heavy atom. The molecule has 2 aliphatic rings. The summed E-state index contributed by atoms with van der Waals surface area (Å²) in [6.07, 6.45) is 2.83. The molecule has 0 aromatic heterocycles. The highest BCUT2D eigenvalue weighted by Gasteiger charge is 2.31. The molecule has 2 unspecified atom stereocenters. The largest absolute Gasteiger partial charge is 0.312 e. The van der Waals surface area contributed by atoms with Gasteiger partial charge in [-0.2, -0.15) is 0 Å². The van der Waals surface area contributed by atoms with Gasteiger partial charge in [0.25, 0.3) is 0 Å². The summed E-state index contributed by atoms with van der Waals surface area (Å²) in [6.45, 7) is 3.83. The number of hydrogen-bond acceptors (Lipinski definition) is 2. The van der Waals surface area contributed by atoms with Crippen LogP contribution in [0.1, 0.15) is 12.8 Å². The van der Waals surface area contributed by atoms with Crippen molar-refractivity contribution in [1.82, 2.24) is 10.2 Å². The van der Waals surface area contributed by atoms with E-state index in [0.29, 0.717) is 0 Å². The second kappa shape index (κ2) is 5.28. The average molecular weight is 213 g/mol. The minimum Gasteiger partial charge on any atom is -0.312 e. The van der Waals surface area contributed by atoms with E-state index in [2.05, 4.69) is 17.3 Å². The van der Waals surface area contributed by atoms with Crippen LogP contribution >= 0.6 is 24.8 Å². The van der Waals surface area contributed by atoms with Crippen molar-refractivity contribution in [2.24, 2.45) is 5.92 Å². The van der Waals surface area contributed by atoms with E-state index in [-0.39, 0.29) is 24.8 Å². The van der Waals surface area contributed by atoms with Crippen molar-refractivity contribution in [3.05, 3.63) is 0 Å². The van der Waals surface area contributed by atoms with Gasteiger partial charge in [-0.25, -0.2) is 0 Å². The number of fused-ring (bicyclic) bond motifs is 1. The number of rotatable bonds is 0. The molecule has 12 heavy (non-hydrogen) atoms. The Bertz CT molecular complexity index is 118. The predicted octanol–water partition coefficient (Wildman–Crippen LogP) is 1.14. The maximum atomic E-state index is 3.57. The molecule has 0 aromatic carbocycles. The third-order valence-electron chi connectivity index (χ3n) is 2.78. The Morgan fingerprint density at radius 3 is 2.67 bits per heavy atom. The zero-order valence-corrected chi connectivity index (χ0v) is 9.09. The number of hydrogen-bond donors (Lipinski definition) is 1. The second-order valence-corrected chi connectivity index (χ2v) is 3.68. The van der Waals surface area contributed by atoms with E-state index >= 15 is 0 Å². The number of halogens is 2. The van der Waals surface area contributed by atoms with E-state index in [9.17, 15) is 0 Å². The molecule has 2 atom stereocenters. The number of likely N-dealkylation sites (tertiary alicyclic amines) is 1. The first kappa shape index (κ1) is 12.5. The third kappa shape index (κ3) is 2.49. The van der Waals surface area contributed by atoms with Crippen LogP contribution in [0.5, 0.6) is 0 Å². The van der Waals surface area contributed by atoms with Crippen LogP contribution in [-0.2, 0) is 0 Å². The number of nitrogens with one attached hydrogen (secondary N) is 1. The summed E-state index contributed by atoms with van der Waals surface area (Å²) in [6, 6.07) is 0.818. The highest BCUT2D eigenvalue weighted by Crippen LogP contribution is 2.23. The normalized spacial score (nSPS) is 34.8. The molecule has 2 rings (SSSR count). The molecule has 2 aliphatic heterocycles. The van der Waals surface area contributed by atoms with Crippen LogP contribution in [0.4, 0.5) is 0 Å². The van der Waals surface area contributed by atoms with Gasteiger partial charge in [-0.1, -0.05) is 0 Å². The summed E-state index contributed by atoms with van der Waals surface area (Å²) < 4.78 is 0. The van der Waals surface area contributed by atoms with E-state index in [0.717, 1.165) is 12.0 Å². The lowest BCUT2D eigenvalue weighted by Gasteiger charge is -2.24. The Morgan fingerprint density at radius 1 is 1.25 bits per heavy atom. The molecule has 4 heteroatoms. The monoisotopic (exact) mass is 212 g/mol. The first-order valence-corrected chi connectivity index (χ1v) is 4.28. The molecule has 2 heterocycles. The number of nitrogens with zero attached hydrogens (tertiary/aromatic N) is 1. The Hall–Kier alpha value is 0.500. The summed E-state index contributed by atoms with van der Waals surface area (Å²) >= 11 is 0. The molecule has 0 saturated carbocycles. The van der Waals surface area contributed by atoms with E-state index in [1.807, 2.05) is 0 Å². The molecule has 2 fully saturated rings. The molecule has 2 saturated heterocycles. The van der Waals surface area contributed by atoms with Gasteiger partial charge in [0, 0.05) is 19.1 Å². The van der Waals surface area contributed by atoms with Crippen LogP contribution < -0.4 is 5.32 Å². The summed E-state index contributed by atoms with van der Waals surface area (Å²) in [5.41, 5.74) is 0. The maximum absolute atomic E-state index is 3.57. The highest BCUT2D eigenvalue weighted by molar-refractivity contribution is 5.85. The molecule has 74 valence electrons. The lowest BCUT2D eigenvalue weighted by molar-refractivity contribution is 0.338. The zero-order valence-electron chi connectivity index (χ0n) is 7.45. The molecule has 0 aromatic rings. The lowest BCUT2D eigenvalue weighted by Crippen LogP contribution is -2.40. The summed E-state index contributed by atoms with van der Waals surface area (Å²) in [5.74, 6) is 0.957. The Balaban J connectivity index is 0.000000605. The second-order valence-electron chi connectivity index (χ2n) is 3.68. The lowest BCUT2D eigenvalue weighted by atomic mass is 9.94. The summed E-state index contributed by atoms with van der Waals surface area (Å²) in [7, 11) is 2.22. The minimum atomic E-state index is 0. The van der Waals surface area contributed by atoms with Crippen molar-refractivity contribution in [3.63, 3.8) is 0 Å². The molecule has 0 radical (unpaired) electrons. The zero-order chi connectivity index (χ0) is 6.97. The molecule has 2 nitrogen and oxygen atoms in total. The standard InChI is InChI=1S/C8H16N2.2ClH/c1-10-5-7-3-2-4-9-8(7)6-10;;/h7-9H,2-6H2,1H3;2*1H. The van der Waals surface area contributed by atoms with Gasteiger partial charge in [0.2, 0.25) is 0 Å². The van der Waals surface area contributed by atoms with Crippen LogP contribution in [0.2, 0.25) is 0 Å². The van der Waals surface area contributed by atoms with Gasteiger partial charge in [0.05, 0.1) is 0 Å². The topological polar surface area (TPSA) is 15.3 Å². The van der Waals surface area contributed by atoms with Gasteiger partial charge in [-0.3, -0.25) is 0 Å². The molecule has 1 N–H and O–H groups in total. The van der Waals surface area contributed by atoms with Gasteiger partial charge in [-0.15, -0.1) is 24.8 Å². The summed E-state index contributed by atoms with van der Waals surface area (Å²) in [5, 5.41) is 3.57. The van der Waals surface area contributed by atoms with Crippen LogP contribution in [-0.4, -0.2) is 37.6 Å². The first-order valence-electron chi connectivity index (χ1n) is 4.28. The van der Waals surface area contributed by atoms with E-state index in [1.165, 1.54) is 32.5 Å². The van der Waals surface area contributed by atoms with Crippen LogP contribution in [0, 0.1) is 5.92 Å². The van der Waals surface area contributed by atoms with Gasteiger partial charge in [0.1, 0.15) is 0 Å². The molecular weight excluding hydrogens is 195 g/mol. The van der Waals surface area contributed by atoms with Crippen molar-refractivity contribution in [1.29, 1.82) is 0 Å². The highest BCUT2D eigenvalue weighted by atomic mass is 35.5. The van der Waals surface area contributed by atoms with Gasteiger partial charge in [0.15, 0.2) is 0 Å². The predicted molar refractivity (Wildman–Crippen MR) is 56.5 cm³/mol. The first-order chi connectivity index (χ1) is 4.86. The summed E-state index contributed by atoms with van der Waals surface area (Å²) in [4.78, 5) is 2.44. The van der Waals surface area contributed by atoms with E-state index in [1.54, 1.807) is 0 Å². The Kier molecular flexibility index (Phi) is 5.50. The van der Waals surface area contributed by atoms with Gasteiger partial charge in [-0.05, 0) is 32.4 Å². The van der Waals surface area contributed by atoms with E-state index in [4.69, 9.17) is 0 Å². The molecule has 0 spiro atoms. The fraction of sp³-hybridized carbons (Fsp3) is 1.00. The van der Waals surface area contributed by atoms with Crippen molar-refractivity contribution < 1.29 is 0 Å². The van der Waals surface area contributed by atoms with E-state index < -0.39 is 0 Å². The van der Waals surface area contributed by atoms with Crippen LogP contribution in [0.25, 0.3) is 0 Å². The molecule has 0 aliphatic carbocycles. The Labute approximate surface area is 86.9 Å². The quantitative estimate of drug-likeness (QED) is 0.649. The van der Waals surface area contributed by atoms with Crippen molar-refractivity contribution in [2.75, 3.05) is 26.7 Å². The van der Waals surface area contributed by atoms with Gasteiger partial charge < -0.3 is 10.2 Å².